The summed E-state index contributed by atoms with van der Waals surface area (Å²) in [5, 5.41) is 8.29. The van der Waals surface area contributed by atoms with E-state index in [1.807, 2.05) is 17.4 Å². The summed E-state index contributed by atoms with van der Waals surface area (Å²) in [5.74, 6) is 0. The van der Waals surface area contributed by atoms with Crippen LogP contribution in [0.25, 0.3) is 108 Å². The molecular formula is C49H29NOS. The predicted molar refractivity (Wildman–Crippen MR) is 221 cm³/mol. The van der Waals surface area contributed by atoms with Crippen molar-refractivity contribution in [2.24, 2.45) is 0 Å². The molecule has 52 heavy (non-hydrogen) atoms. The maximum absolute atomic E-state index is 6.60. The summed E-state index contributed by atoms with van der Waals surface area (Å²) < 4.78 is 9.23. The van der Waals surface area contributed by atoms with E-state index in [2.05, 4.69) is 170 Å². The van der Waals surface area contributed by atoms with Crippen LogP contribution in [0.5, 0.6) is 0 Å². The van der Waals surface area contributed by atoms with E-state index in [4.69, 9.17) is 9.40 Å². The summed E-state index contributed by atoms with van der Waals surface area (Å²) in [4.78, 5) is 5.39. The molecule has 3 aromatic heterocycles. The fourth-order valence-electron chi connectivity index (χ4n) is 8.16. The Balaban J connectivity index is 1.15. The topological polar surface area (TPSA) is 26.0 Å². The van der Waals surface area contributed by atoms with Crippen LogP contribution in [0, 0.1) is 0 Å². The number of benzene rings is 8. The largest absolute Gasteiger partial charge is 0.456 e. The van der Waals surface area contributed by atoms with E-state index in [0.29, 0.717) is 0 Å². The fourth-order valence-corrected chi connectivity index (χ4v) is 9.29. The molecule has 0 radical (unpaired) electrons. The molecule has 0 fully saturated rings. The average Bonchev–Trinajstić information content (AvgIpc) is 3.78. The molecule has 0 saturated heterocycles. The molecule has 11 aromatic rings. The summed E-state index contributed by atoms with van der Waals surface area (Å²) >= 11 is 1.86. The Morgan fingerprint density at radius 1 is 0.385 bits per heavy atom. The van der Waals surface area contributed by atoms with E-state index in [0.717, 1.165) is 60.6 Å². The van der Waals surface area contributed by atoms with Crippen LogP contribution in [-0.4, -0.2) is 4.98 Å². The van der Waals surface area contributed by atoms with Gasteiger partial charge in [-0.25, -0.2) is 4.98 Å². The Morgan fingerprint density at radius 2 is 1.02 bits per heavy atom. The first-order chi connectivity index (χ1) is 25.8. The Hall–Kier alpha value is -6.55. The Morgan fingerprint density at radius 3 is 1.88 bits per heavy atom. The van der Waals surface area contributed by atoms with Crippen molar-refractivity contribution >= 4 is 75.1 Å². The predicted octanol–water partition coefficient (Wildman–Crippen LogP) is 14.3. The van der Waals surface area contributed by atoms with Gasteiger partial charge in [0.2, 0.25) is 0 Å². The molecule has 242 valence electrons. The van der Waals surface area contributed by atoms with Crippen molar-refractivity contribution in [2.75, 3.05) is 0 Å². The van der Waals surface area contributed by atoms with Crippen molar-refractivity contribution in [2.45, 2.75) is 0 Å². The van der Waals surface area contributed by atoms with Crippen molar-refractivity contribution in [3.05, 3.63) is 176 Å². The second-order valence-electron chi connectivity index (χ2n) is 13.4. The highest BCUT2D eigenvalue weighted by molar-refractivity contribution is 7.25. The third-order valence-electron chi connectivity index (χ3n) is 10.4. The van der Waals surface area contributed by atoms with Crippen LogP contribution in [0.1, 0.15) is 0 Å². The van der Waals surface area contributed by atoms with Gasteiger partial charge in [0.15, 0.2) is 0 Å². The molecule has 0 unspecified atom stereocenters. The molecule has 3 heterocycles. The van der Waals surface area contributed by atoms with Gasteiger partial charge in [-0.05, 0) is 70.3 Å². The standard InChI is InChI=1S/C49H29NOS/c1-2-13-30(14-3-1)45-47-36-19-4-7-23-40(36)50-49(39(47)29-42-48(45)37-20-5-8-24-41(37)51-42)34-18-11-16-32(28-34)31-15-10-17-33(27-31)35-22-12-26-44-46(35)38-21-6-9-25-43(38)52-44/h1-29H. The van der Waals surface area contributed by atoms with Gasteiger partial charge in [0.1, 0.15) is 11.2 Å². The number of pyridine rings is 1. The highest BCUT2D eigenvalue weighted by atomic mass is 32.1. The zero-order valence-electron chi connectivity index (χ0n) is 28.0. The van der Waals surface area contributed by atoms with Gasteiger partial charge in [-0.3, -0.25) is 0 Å². The van der Waals surface area contributed by atoms with E-state index in [1.165, 1.54) is 47.8 Å². The normalized spacial score (nSPS) is 11.8. The van der Waals surface area contributed by atoms with Gasteiger partial charge in [-0.2, -0.15) is 0 Å². The molecular weight excluding hydrogens is 651 g/mol. The van der Waals surface area contributed by atoms with Crippen molar-refractivity contribution in [3.8, 4) is 44.6 Å². The number of thiophene rings is 1. The lowest BCUT2D eigenvalue weighted by molar-refractivity contribution is 0.669. The minimum absolute atomic E-state index is 0.866. The maximum atomic E-state index is 6.60. The van der Waals surface area contributed by atoms with E-state index in [-0.39, 0.29) is 0 Å². The van der Waals surface area contributed by atoms with Gasteiger partial charge in [0.05, 0.1) is 11.2 Å². The van der Waals surface area contributed by atoms with Gasteiger partial charge in [-0.15, -0.1) is 11.3 Å². The average molecular weight is 680 g/mol. The number of hydrogen-bond donors (Lipinski definition) is 0. The fraction of sp³-hybridized carbons (Fsp3) is 0. The van der Waals surface area contributed by atoms with E-state index >= 15 is 0 Å². The first-order valence-electron chi connectivity index (χ1n) is 17.6. The molecule has 0 atom stereocenters. The molecule has 0 amide bonds. The minimum Gasteiger partial charge on any atom is -0.456 e. The lowest BCUT2D eigenvalue weighted by atomic mass is 9.89. The summed E-state index contributed by atoms with van der Waals surface area (Å²) in [6, 6.07) is 63.0. The van der Waals surface area contributed by atoms with Crippen molar-refractivity contribution in [1.29, 1.82) is 0 Å². The molecule has 0 aliphatic carbocycles. The molecule has 0 saturated carbocycles. The number of furan rings is 1. The van der Waals surface area contributed by atoms with E-state index in [9.17, 15) is 0 Å². The smallest absolute Gasteiger partial charge is 0.136 e. The lowest BCUT2D eigenvalue weighted by Gasteiger charge is -2.16. The summed E-state index contributed by atoms with van der Waals surface area (Å²) in [5.41, 5.74) is 11.9. The molecule has 0 spiro atoms. The second-order valence-corrected chi connectivity index (χ2v) is 14.5. The quantitative estimate of drug-likeness (QED) is 0.173. The van der Waals surface area contributed by atoms with Crippen LogP contribution in [0.15, 0.2) is 180 Å². The number of hydrogen-bond acceptors (Lipinski definition) is 3. The Labute approximate surface area is 303 Å². The van der Waals surface area contributed by atoms with Gasteiger partial charge in [0, 0.05) is 58.2 Å². The number of fused-ring (bicyclic) bond motifs is 9. The SMILES string of the molecule is c1ccc(-c2c3c(cc4c(-c5cccc(-c6cccc(-c7cccc8sc9ccccc9c78)c6)c5)nc5ccccc5c24)oc2ccccc23)cc1. The zero-order valence-corrected chi connectivity index (χ0v) is 28.8. The number of rotatable bonds is 4. The van der Waals surface area contributed by atoms with Gasteiger partial charge < -0.3 is 4.42 Å². The van der Waals surface area contributed by atoms with Crippen LogP contribution in [0.4, 0.5) is 0 Å². The lowest BCUT2D eigenvalue weighted by Crippen LogP contribution is -1.93. The zero-order chi connectivity index (χ0) is 34.2. The first-order valence-corrected chi connectivity index (χ1v) is 18.4. The highest BCUT2D eigenvalue weighted by Gasteiger charge is 2.22. The van der Waals surface area contributed by atoms with Gasteiger partial charge in [-0.1, -0.05) is 133 Å². The van der Waals surface area contributed by atoms with Crippen LogP contribution >= 0.6 is 11.3 Å². The van der Waals surface area contributed by atoms with Crippen LogP contribution in [0.3, 0.4) is 0 Å². The number of nitrogens with zero attached hydrogens (tertiary/aromatic N) is 1. The molecule has 0 N–H and O–H groups in total. The number of aromatic nitrogens is 1. The summed E-state index contributed by atoms with van der Waals surface area (Å²) in [7, 11) is 0. The molecule has 0 aliphatic rings. The number of para-hydroxylation sites is 2. The van der Waals surface area contributed by atoms with Crippen LogP contribution in [-0.2, 0) is 0 Å². The van der Waals surface area contributed by atoms with Crippen molar-refractivity contribution < 1.29 is 4.42 Å². The monoisotopic (exact) mass is 679 g/mol. The summed E-state index contributed by atoms with van der Waals surface area (Å²) in [6.07, 6.45) is 0. The molecule has 0 bridgehead atoms. The Bertz CT molecular complexity index is 3190. The second kappa shape index (κ2) is 11.5. The summed E-state index contributed by atoms with van der Waals surface area (Å²) in [6.45, 7) is 0. The Kier molecular flexibility index (Phi) is 6.46. The van der Waals surface area contributed by atoms with Gasteiger partial charge >= 0.3 is 0 Å². The van der Waals surface area contributed by atoms with Gasteiger partial charge in [0.25, 0.3) is 0 Å². The highest BCUT2D eigenvalue weighted by Crippen LogP contribution is 2.47. The molecule has 2 nitrogen and oxygen atoms in total. The van der Waals surface area contributed by atoms with Crippen molar-refractivity contribution in [3.63, 3.8) is 0 Å². The molecule has 8 aromatic carbocycles. The van der Waals surface area contributed by atoms with Crippen LogP contribution < -0.4 is 0 Å². The third-order valence-corrected chi connectivity index (χ3v) is 11.6. The van der Waals surface area contributed by atoms with E-state index in [1.54, 1.807) is 0 Å². The van der Waals surface area contributed by atoms with E-state index < -0.39 is 0 Å². The molecule has 11 rings (SSSR count). The maximum Gasteiger partial charge on any atom is 0.136 e. The van der Waals surface area contributed by atoms with Crippen molar-refractivity contribution in [1.82, 2.24) is 4.98 Å². The third kappa shape index (κ3) is 4.46. The van der Waals surface area contributed by atoms with Crippen LogP contribution in [0.2, 0.25) is 0 Å². The molecule has 0 aliphatic heterocycles. The molecule has 3 heteroatoms. The first kappa shape index (κ1) is 29.2. The minimum atomic E-state index is 0.866.